The number of hydrogen-bond donors (Lipinski definition) is 2. The fraction of sp³-hybridized carbons (Fsp3) is 0.818. The number of carbonyl (C=O) groups excluding carboxylic acids is 1. The molecule has 4 heteroatoms. The van der Waals surface area contributed by atoms with E-state index in [1.165, 1.54) is 0 Å². The van der Waals surface area contributed by atoms with E-state index in [4.69, 9.17) is 5.11 Å². The zero-order chi connectivity index (χ0) is 11.8. The third-order valence-electron chi connectivity index (χ3n) is 2.36. The van der Waals surface area contributed by atoms with Crippen LogP contribution < -0.4 is 5.32 Å². The van der Waals surface area contributed by atoms with Gasteiger partial charge in [0.1, 0.15) is 6.04 Å². The largest absolute Gasteiger partial charge is 0.480 e. The molecular weight excluding hydrogens is 194 g/mol. The third-order valence-corrected chi connectivity index (χ3v) is 2.36. The molecule has 0 radical (unpaired) electrons. The van der Waals surface area contributed by atoms with Crippen LogP contribution in [0.5, 0.6) is 0 Å². The predicted octanol–water partition coefficient (Wildman–Crippen LogP) is 1.79. The zero-order valence-electron chi connectivity index (χ0n) is 9.75. The van der Waals surface area contributed by atoms with Gasteiger partial charge >= 0.3 is 5.97 Å². The zero-order valence-corrected chi connectivity index (χ0v) is 9.75. The number of nitrogens with one attached hydrogen (secondary N) is 1. The summed E-state index contributed by atoms with van der Waals surface area (Å²) in [4.78, 5) is 22.3. The fourth-order valence-electron chi connectivity index (χ4n) is 1.42. The summed E-state index contributed by atoms with van der Waals surface area (Å²) in [5.74, 6) is -1.21. The number of aliphatic carboxylic acids is 1. The van der Waals surface area contributed by atoms with E-state index in [0.717, 1.165) is 19.3 Å². The van der Waals surface area contributed by atoms with Gasteiger partial charge in [0.15, 0.2) is 0 Å². The van der Waals surface area contributed by atoms with Crippen LogP contribution in [0.25, 0.3) is 0 Å². The Morgan fingerprint density at radius 2 is 1.73 bits per heavy atom. The van der Waals surface area contributed by atoms with E-state index >= 15 is 0 Å². The highest BCUT2D eigenvalue weighted by atomic mass is 16.4. The summed E-state index contributed by atoms with van der Waals surface area (Å²) in [5, 5.41) is 11.4. The highest BCUT2D eigenvalue weighted by molar-refractivity contribution is 5.84. The third kappa shape index (κ3) is 5.40. The van der Waals surface area contributed by atoms with Gasteiger partial charge in [0.25, 0.3) is 0 Å². The van der Waals surface area contributed by atoms with E-state index in [2.05, 4.69) is 5.32 Å². The molecule has 1 amide bonds. The van der Waals surface area contributed by atoms with Gasteiger partial charge < -0.3 is 10.4 Å². The van der Waals surface area contributed by atoms with Crippen LogP contribution >= 0.6 is 0 Å². The van der Waals surface area contributed by atoms with Crippen LogP contribution in [0.4, 0.5) is 0 Å². The molecular formula is C11H21NO3. The lowest BCUT2D eigenvalue weighted by Crippen LogP contribution is -2.43. The molecule has 0 aromatic heterocycles. The van der Waals surface area contributed by atoms with Crippen molar-refractivity contribution < 1.29 is 14.7 Å². The van der Waals surface area contributed by atoms with E-state index in [0.29, 0.717) is 6.42 Å². The molecule has 0 aliphatic rings. The van der Waals surface area contributed by atoms with Gasteiger partial charge in [-0.25, -0.2) is 4.79 Å². The van der Waals surface area contributed by atoms with Crippen LogP contribution in [-0.2, 0) is 9.59 Å². The Labute approximate surface area is 91.1 Å². The van der Waals surface area contributed by atoms with Crippen molar-refractivity contribution in [1.82, 2.24) is 5.32 Å². The Balaban J connectivity index is 4.15. The standard InChI is InChI=1S/C11H21NO3/c1-4-6-8(3)10(13)12-9(7-5-2)11(14)15/h8-9H,4-7H2,1-3H3,(H,12,13)(H,14,15)/t8?,9-/m1/s1. The smallest absolute Gasteiger partial charge is 0.326 e. The van der Waals surface area contributed by atoms with Gasteiger partial charge in [-0.3, -0.25) is 4.79 Å². The summed E-state index contributed by atoms with van der Waals surface area (Å²) < 4.78 is 0. The number of rotatable bonds is 7. The summed E-state index contributed by atoms with van der Waals surface area (Å²) in [6.07, 6.45) is 2.96. The van der Waals surface area contributed by atoms with E-state index in [9.17, 15) is 9.59 Å². The van der Waals surface area contributed by atoms with Gasteiger partial charge in [0.2, 0.25) is 5.91 Å². The second-order valence-corrected chi connectivity index (χ2v) is 3.88. The summed E-state index contributed by atoms with van der Waals surface area (Å²) in [7, 11) is 0. The number of carboxylic acid groups (broad SMARTS) is 1. The maximum absolute atomic E-state index is 11.5. The van der Waals surface area contributed by atoms with E-state index in [-0.39, 0.29) is 11.8 Å². The van der Waals surface area contributed by atoms with Crippen molar-refractivity contribution in [3.63, 3.8) is 0 Å². The van der Waals surface area contributed by atoms with Gasteiger partial charge in [-0.05, 0) is 12.8 Å². The van der Waals surface area contributed by atoms with Gasteiger partial charge in [-0.15, -0.1) is 0 Å². The van der Waals surface area contributed by atoms with Gasteiger partial charge in [0.05, 0.1) is 0 Å². The number of amides is 1. The normalized spacial score (nSPS) is 14.3. The molecule has 0 aliphatic carbocycles. The number of carbonyl (C=O) groups is 2. The van der Waals surface area contributed by atoms with Crippen molar-refractivity contribution in [2.24, 2.45) is 5.92 Å². The molecule has 0 saturated heterocycles. The molecule has 0 saturated carbocycles. The topological polar surface area (TPSA) is 66.4 Å². The molecule has 15 heavy (non-hydrogen) atoms. The van der Waals surface area contributed by atoms with Crippen LogP contribution in [0.2, 0.25) is 0 Å². The fourth-order valence-corrected chi connectivity index (χ4v) is 1.42. The quantitative estimate of drug-likeness (QED) is 0.680. The van der Waals surface area contributed by atoms with E-state index in [1.54, 1.807) is 0 Å². The minimum absolute atomic E-state index is 0.103. The maximum Gasteiger partial charge on any atom is 0.326 e. The average molecular weight is 215 g/mol. The Kier molecular flexibility index (Phi) is 6.75. The Hall–Kier alpha value is -1.06. The van der Waals surface area contributed by atoms with E-state index in [1.807, 2.05) is 20.8 Å². The van der Waals surface area contributed by atoms with Gasteiger partial charge in [-0.2, -0.15) is 0 Å². The second kappa shape index (κ2) is 7.26. The van der Waals surface area contributed by atoms with Crippen LogP contribution in [0, 0.1) is 5.92 Å². The molecule has 0 aromatic rings. The number of hydrogen-bond acceptors (Lipinski definition) is 2. The molecule has 0 spiro atoms. The number of carboxylic acids is 1. The lowest BCUT2D eigenvalue weighted by Gasteiger charge is -2.16. The molecule has 0 rings (SSSR count). The molecule has 0 aliphatic heterocycles. The first-order valence-corrected chi connectivity index (χ1v) is 5.56. The van der Waals surface area contributed by atoms with Crippen LogP contribution in [0.1, 0.15) is 46.5 Å². The monoisotopic (exact) mass is 215 g/mol. The molecule has 2 N–H and O–H groups in total. The minimum atomic E-state index is -0.950. The first-order chi connectivity index (χ1) is 7.02. The van der Waals surface area contributed by atoms with E-state index < -0.39 is 12.0 Å². The molecule has 0 fully saturated rings. The Morgan fingerprint density at radius 3 is 2.13 bits per heavy atom. The van der Waals surface area contributed by atoms with Crippen LogP contribution in [0.15, 0.2) is 0 Å². The summed E-state index contributed by atoms with van der Waals surface area (Å²) in [6.45, 7) is 5.73. The molecule has 0 heterocycles. The van der Waals surface area contributed by atoms with Crippen molar-refractivity contribution in [3.05, 3.63) is 0 Å². The van der Waals surface area contributed by atoms with Crippen molar-refractivity contribution in [1.29, 1.82) is 0 Å². The Bertz CT molecular complexity index is 216. The molecule has 0 aromatic carbocycles. The van der Waals surface area contributed by atoms with Crippen LogP contribution in [0.3, 0.4) is 0 Å². The highest BCUT2D eigenvalue weighted by Gasteiger charge is 2.21. The SMILES string of the molecule is CCCC(C)C(=O)N[C@H](CCC)C(=O)O. The summed E-state index contributed by atoms with van der Waals surface area (Å²) in [6, 6.07) is -0.734. The molecule has 88 valence electrons. The van der Waals surface area contributed by atoms with Gasteiger partial charge in [0, 0.05) is 5.92 Å². The molecule has 0 bridgehead atoms. The van der Waals surface area contributed by atoms with Crippen molar-refractivity contribution in [2.75, 3.05) is 0 Å². The minimum Gasteiger partial charge on any atom is -0.480 e. The first kappa shape index (κ1) is 13.9. The highest BCUT2D eigenvalue weighted by Crippen LogP contribution is 2.06. The van der Waals surface area contributed by atoms with Crippen molar-refractivity contribution in [3.8, 4) is 0 Å². The molecule has 2 atom stereocenters. The molecule has 1 unspecified atom stereocenters. The lowest BCUT2D eigenvalue weighted by atomic mass is 10.0. The second-order valence-electron chi connectivity index (χ2n) is 3.88. The summed E-state index contributed by atoms with van der Waals surface area (Å²) in [5.41, 5.74) is 0. The van der Waals surface area contributed by atoms with Gasteiger partial charge in [-0.1, -0.05) is 33.6 Å². The van der Waals surface area contributed by atoms with Crippen molar-refractivity contribution in [2.45, 2.75) is 52.5 Å². The average Bonchev–Trinajstić information content (AvgIpc) is 2.17. The lowest BCUT2D eigenvalue weighted by molar-refractivity contribution is -0.142. The van der Waals surface area contributed by atoms with Crippen molar-refractivity contribution >= 4 is 11.9 Å². The maximum atomic E-state index is 11.5. The molecule has 4 nitrogen and oxygen atoms in total. The van der Waals surface area contributed by atoms with Crippen LogP contribution in [-0.4, -0.2) is 23.0 Å². The Morgan fingerprint density at radius 1 is 1.20 bits per heavy atom. The predicted molar refractivity (Wildman–Crippen MR) is 58.5 cm³/mol. The first-order valence-electron chi connectivity index (χ1n) is 5.56. The summed E-state index contributed by atoms with van der Waals surface area (Å²) >= 11 is 0.